The molecule has 0 aromatic heterocycles. The van der Waals surface area contributed by atoms with E-state index < -0.39 is 17.5 Å². The van der Waals surface area contributed by atoms with Gasteiger partial charge >= 0.3 is 0 Å². The van der Waals surface area contributed by atoms with Crippen molar-refractivity contribution < 1.29 is 23.0 Å². The minimum absolute atomic E-state index is 0.0662. The molecule has 0 radical (unpaired) electrons. The lowest BCUT2D eigenvalue weighted by atomic mass is 10.1. The zero-order valence-corrected chi connectivity index (χ0v) is 12.2. The summed E-state index contributed by atoms with van der Waals surface area (Å²) in [5.41, 5.74) is -0.291. The van der Waals surface area contributed by atoms with Crippen molar-refractivity contribution in [1.82, 2.24) is 5.32 Å². The van der Waals surface area contributed by atoms with E-state index in [1.165, 1.54) is 0 Å². The van der Waals surface area contributed by atoms with Gasteiger partial charge < -0.3 is 20.1 Å². The monoisotopic (exact) mass is 302 g/mol. The molecule has 0 aliphatic rings. The highest BCUT2D eigenvalue weighted by molar-refractivity contribution is 5.94. The Morgan fingerprint density at radius 2 is 1.86 bits per heavy atom. The van der Waals surface area contributed by atoms with Crippen LogP contribution in [0.2, 0.25) is 0 Å². The van der Waals surface area contributed by atoms with Gasteiger partial charge in [-0.25, -0.2) is 8.78 Å². The predicted molar refractivity (Wildman–Crippen MR) is 75.5 cm³/mol. The molecule has 0 fully saturated rings. The van der Waals surface area contributed by atoms with Crippen LogP contribution in [0.15, 0.2) is 12.1 Å². The zero-order chi connectivity index (χ0) is 15.7. The molecule has 0 saturated heterocycles. The van der Waals surface area contributed by atoms with Gasteiger partial charge in [-0.15, -0.1) is 0 Å². The second-order valence-electron chi connectivity index (χ2n) is 4.21. The number of methoxy groups -OCH3 is 1. The Labute approximate surface area is 122 Å². The number of hydrogen-bond acceptors (Lipinski definition) is 4. The Bertz CT molecular complexity index is 447. The maximum absolute atomic E-state index is 13.7. The van der Waals surface area contributed by atoms with Crippen LogP contribution in [0.5, 0.6) is 0 Å². The molecule has 1 rings (SSSR count). The van der Waals surface area contributed by atoms with Crippen molar-refractivity contribution in [3.05, 3.63) is 29.3 Å². The van der Waals surface area contributed by atoms with Crippen LogP contribution in [-0.4, -0.2) is 45.9 Å². The molecule has 1 aromatic carbocycles. The molecule has 0 heterocycles. The third-order valence-electron chi connectivity index (χ3n) is 2.62. The fourth-order valence-corrected chi connectivity index (χ4v) is 1.63. The quantitative estimate of drug-likeness (QED) is 0.683. The molecule has 0 bridgehead atoms. The normalized spacial score (nSPS) is 10.5. The lowest BCUT2D eigenvalue weighted by Crippen LogP contribution is -2.28. The van der Waals surface area contributed by atoms with E-state index >= 15 is 0 Å². The van der Waals surface area contributed by atoms with Gasteiger partial charge in [-0.2, -0.15) is 0 Å². The summed E-state index contributed by atoms with van der Waals surface area (Å²) < 4.78 is 37.3. The first kappa shape index (κ1) is 17.3. The molecule has 0 aliphatic heterocycles. The second kappa shape index (κ2) is 9.25. The first-order valence-electron chi connectivity index (χ1n) is 6.68. The lowest BCUT2D eigenvalue weighted by molar-refractivity contribution is 0.0692. The van der Waals surface area contributed by atoms with Crippen molar-refractivity contribution in [3.8, 4) is 0 Å². The maximum Gasteiger partial charge on any atom is 0.251 e. The van der Waals surface area contributed by atoms with Gasteiger partial charge in [-0.05, 0) is 19.1 Å². The fraction of sp³-hybridized carbons (Fsp3) is 0.500. The van der Waals surface area contributed by atoms with Crippen LogP contribution in [0.25, 0.3) is 0 Å². The summed E-state index contributed by atoms with van der Waals surface area (Å²) in [5.74, 6) is -2.14. The number of amides is 1. The molecule has 21 heavy (non-hydrogen) atoms. The Balaban J connectivity index is 2.51. The second-order valence-corrected chi connectivity index (χ2v) is 4.21. The fourth-order valence-electron chi connectivity index (χ4n) is 1.63. The Morgan fingerprint density at radius 1 is 1.19 bits per heavy atom. The first-order valence-corrected chi connectivity index (χ1v) is 6.68. The number of nitrogens with one attached hydrogen (secondary N) is 2. The SMILES string of the molecule is CCNc1c(F)cc(C(=O)NCCOCCOC)cc1F. The highest BCUT2D eigenvalue weighted by Gasteiger charge is 2.14. The highest BCUT2D eigenvalue weighted by atomic mass is 19.1. The Kier molecular flexibility index (Phi) is 7.63. The van der Waals surface area contributed by atoms with Crippen molar-refractivity contribution in [2.24, 2.45) is 0 Å². The molecule has 1 aromatic rings. The first-order chi connectivity index (χ1) is 10.1. The van der Waals surface area contributed by atoms with Crippen molar-refractivity contribution in [2.75, 3.05) is 45.3 Å². The lowest BCUT2D eigenvalue weighted by Gasteiger charge is -2.10. The van der Waals surface area contributed by atoms with Gasteiger partial charge in [0.1, 0.15) is 17.3 Å². The summed E-state index contributed by atoms with van der Waals surface area (Å²) in [6, 6.07) is 2.00. The summed E-state index contributed by atoms with van der Waals surface area (Å²) in [4.78, 5) is 11.8. The smallest absolute Gasteiger partial charge is 0.251 e. The molecule has 0 spiro atoms. The van der Waals surface area contributed by atoms with Crippen molar-refractivity contribution in [3.63, 3.8) is 0 Å². The number of carbonyl (C=O) groups excluding carboxylic acids is 1. The number of ether oxygens (including phenoxy) is 2. The summed E-state index contributed by atoms with van der Waals surface area (Å²) in [6.45, 7) is 3.56. The van der Waals surface area contributed by atoms with E-state index in [1.54, 1.807) is 14.0 Å². The third kappa shape index (κ3) is 5.65. The van der Waals surface area contributed by atoms with Crippen LogP contribution >= 0.6 is 0 Å². The summed E-state index contributed by atoms with van der Waals surface area (Å²) >= 11 is 0. The number of halogens is 2. The largest absolute Gasteiger partial charge is 0.382 e. The van der Waals surface area contributed by atoms with Crippen LogP contribution in [0.3, 0.4) is 0 Å². The van der Waals surface area contributed by atoms with Crippen LogP contribution in [-0.2, 0) is 9.47 Å². The number of carbonyl (C=O) groups is 1. The van der Waals surface area contributed by atoms with Gasteiger partial charge in [0.2, 0.25) is 0 Å². The minimum atomic E-state index is -0.793. The number of hydrogen-bond donors (Lipinski definition) is 2. The third-order valence-corrected chi connectivity index (χ3v) is 2.62. The topological polar surface area (TPSA) is 59.6 Å². The van der Waals surface area contributed by atoms with Gasteiger partial charge in [-0.3, -0.25) is 4.79 Å². The van der Waals surface area contributed by atoms with E-state index in [2.05, 4.69) is 10.6 Å². The summed E-state index contributed by atoms with van der Waals surface area (Å²) in [6.07, 6.45) is 0. The molecule has 1 amide bonds. The maximum atomic E-state index is 13.7. The van der Waals surface area contributed by atoms with Gasteiger partial charge in [0.15, 0.2) is 0 Å². The molecule has 5 nitrogen and oxygen atoms in total. The van der Waals surface area contributed by atoms with Gasteiger partial charge in [0, 0.05) is 25.8 Å². The van der Waals surface area contributed by atoms with Crippen LogP contribution in [0.1, 0.15) is 17.3 Å². The molecule has 0 saturated carbocycles. The molecule has 0 atom stereocenters. The van der Waals surface area contributed by atoms with E-state index in [9.17, 15) is 13.6 Å². The van der Waals surface area contributed by atoms with Gasteiger partial charge in [0.05, 0.1) is 19.8 Å². The van der Waals surface area contributed by atoms with Crippen molar-refractivity contribution in [1.29, 1.82) is 0 Å². The molecule has 0 unspecified atom stereocenters. The number of benzene rings is 1. The molecule has 118 valence electrons. The Hall–Kier alpha value is -1.73. The standard InChI is InChI=1S/C14H20F2N2O3/c1-3-17-13-11(15)8-10(9-12(13)16)14(19)18-4-5-21-7-6-20-2/h8-9,17H,3-7H2,1-2H3,(H,18,19). The predicted octanol–water partition coefficient (Wildman–Crippen LogP) is 1.79. The van der Waals surface area contributed by atoms with Gasteiger partial charge in [-0.1, -0.05) is 0 Å². The molecule has 0 aliphatic carbocycles. The van der Waals surface area contributed by atoms with E-state index in [-0.39, 0.29) is 17.8 Å². The van der Waals surface area contributed by atoms with E-state index in [0.29, 0.717) is 26.4 Å². The summed E-state index contributed by atoms with van der Waals surface area (Å²) in [7, 11) is 1.56. The van der Waals surface area contributed by atoms with Gasteiger partial charge in [0.25, 0.3) is 5.91 Å². The Morgan fingerprint density at radius 3 is 2.43 bits per heavy atom. The van der Waals surface area contributed by atoms with Crippen molar-refractivity contribution >= 4 is 11.6 Å². The zero-order valence-electron chi connectivity index (χ0n) is 12.2. The van der Waals surface area contributed by atoms with E-state index in [4.69, 9.17) is 9.47 Å². The molecule has 7 heteroatoms. The molecule has 2 N–H and O–H groups in total. The van der Waals surface area contributed by atoms with Crippen molar-refractivity contribution in [2.45, 2.75) is 6.92 Å². The number of rotatable bonds is 9. The molecular formula is C14H20F2N2O3. The minimum Gasteiger partial charge on any atom is -0.382 e. The van der Waals surface area contributed by atoms with Crippen LogP contribution in [0, 0.1) is 11.6 Å². The van der Waals surface area contributed by atoms with E-state index in [0.717, 1.165) is 12.1 Å². The molecular weight excluding hydrogens is 282 g/mol. The highest BCUT2D eigenvalue weighted by Crippen LogP contribution is 2.20. The average molecular weight is 302 g/mol. The van der Waals surface area contributed by atoms with Crippen LogP contribution < -0.4 is 10.6 Å². The average Bonchev–Trinajstić information content (AvgIpc) is 2.46. The number of anilines is 1. The summed E-state index contributed by atoms with van der Waals surface area (Å²) in [5, 5.41) is 5.09. The van der Waals surface area contributed by atoms with Crippen LogP contribution in [0.4, 0.5) is 14.5 Å². The van der Waals surface area contributed by atoms with E-state index in [1.807, 2.05) is 0 Å².